The Bertz CT molecular complexity index is 1720. The van der Waals surface area contributed by atoms with Gasteiger partial charge in [-0.15, -0.1) is 0 Å². The SMILES string of the molecule is CCN1CCc2c(n(-c3ccc(CCNC(=O)NS(=O)(=O)c4ccc(Cl)cc4)cc3)c3cc(Cl)cc(Cl)c23)C1=O. The highest BCUT2D eigenvalue weighted by atomic mass is 35.5. The predicted molar refractivity (Wildman–Crippen MR) is 157 cm³/mol. The Kier molecular flexibility index (Phi) is 8.01. The van der Waals surface area contributed by atoms with E-state index in [0.717, 1.165) is 27.7 Å². The lowest BCUT2D eigenvalue weighted by Gasteiger charge is -2.27. The number of hydrogen-bond acceptors (Lipinski definition) is 4. The van der Waals surface area contributed by atoms with Crippen LogP contribution in [0.1, 0.15) is 28.5 Å². The molecule has 0 unspecified atom stereocenters. The zero-order valence-corrected chi connectivity index (χ0v) is 24.5. The van der Waals surface area contributed by atoms with Gasteiger partial charge < -0.3 is 14.8 Å². The summed E-state index contributed by atoms with van der Waals surface area (Å²) in [4.78, 5) is 27.4. The molecular formula is C28H25Cl3N4O4S. The molecule has 208 valence electrons. The molecule has 0 aliphatic carbocycles. The minimum absolute atomic E-state index is 0.0556. The van der Waals surface area contributed by atoms with Gasteiger partial charge in [0.2, 0.25) is 0 Å². The van der Waals surface area contributed by atoms with Crippen LogP contribution in [0.25, 0.3) is 16.6 Å². The number of sulfonamides is 1. The Morgan fingerprint density at radius 3 is 2.35 bits per heavy atom. The Morgan fingerprint density at radius 1 is 0.975 bits per heavy atom. The van der Waals surface area contributed by atoms with Crippen molar-refractivity contribution in [3.8, 4) is 5.69 Å². The molecule has 0 radical (unpaired) electrons. The number of halogens is 3. The molecule has 1 aliphatic heterocycles. The van der Waals surface area contributed by atoms with E-state index in [4.69, 9.17) is 34.8 Å². The van der Waals surface area contributed by atoms with Gasteiger partial charge in [-0.3, -0.25) is 4.79 Å². The van der Waals surface area contributed by atoms with Crippen LogP contribution in [0.5, 0.6) is 0 Å². The molecule has 3 amide bonds. The van der Waals surface area contributed by atoms with E-state index >= 15 is 0 Å². The second-order valence-corrected chi connectivity index (χ2v) is 12.3. The number of hydrogen-bond donors (Lipinski definition) is 2. The number of benzene rings is 3. The van der Waals surface area contributed by atoms with Crippen LogP contribution in [0.3, 0.4) is 0 Å². The third-order valence-electron chi connectivity index (χ3n) is 6.83. The van der Waals surface area contributed by atoms with E-state index in [2.05, 4.69) is 5.32 Å². The van der Waals surface area contributed by atoms with Crippen molar-refractivity contribution in [3.05, 3.63) is 92.6 Å². The maximum absolute atomic E-state index is 13.4. The summed E-state index contributed by atoms with van der Waals surface area (Å²) in [5, 5.41) is 4.77. The van der Waals surface area contributed by atoms with Crippen molar-refractivity contribution in [2.45, 2.75) is 24.7 Å². The van der Waals surface area contributed by atoms with Gasteiger partial charge in [-0.25, -0.2) is 17.9 Å². The number of rotatable bonds is 7. The number of carbonyl (C=O) groups excluding carboxylic acids is 2. The Balaban J connectivity index is 1.33. The Labute approximate surface area is 246 Å². The maximum atomic E-state index is 13.4. The fraction of sp³-hybridized carbons (Fsp3) is 0.214. The molecule has 4 aromatic rings. The second kappa shape index (κ2) is 11.3. The van der Waals surface area contributed by atoms with Crippen LogP contribution in [-0.4, -0.2) is 49.5 Å². The van der Waals surface area contributed by atoms with Crippen molar-refractivity contribution in [2.24, 2.45) is 0 Å². The smallest absolute Gasteiger partial charge is 0.328 e. The maximum Gasteiger partial charge on any atom is 0.328 e. The summed E-state index contributed by atoms with van der Waals surface area (Å²) in [5.41, 5.74) is 3.95. The van der Waals surface area contributed by atoms with Crippen molar-refractivity contribution >= 4 is 67.7 Å². The summed E-state index contributed by atoms with van der Waals surface area (Å²) in [7, 11) is -4.02. The molecular weight excluding hydrogens is 595 g/mol. The third kappa shape index (κ3) is 5.51. The minimum Gasteiger partial charge on any atom is -0.337 e. The summed E-state index contributed by atoms with van der Waals surface area (Å²) < 4.78 is 28.7. The first-order valence-electron chi connectivity index (χ1n) is 12.6. The molecule has 0 bridgehead atoms. The Morgan fingerprint density at radius 2 is 1.68 bits per heavy atom. The highest BCUT2D eigenvalue weighted by Crippen LogP contribution is 2.39. The van der Waals surface area contributed by atoms with E-state index < -0.39 is 16.1 Å². The number of likely N-dealkylation sites (N-methyl/N-ethyl adjacent to an activating group) is 1. The van der Waals surface area contributed by atoms with Crippen LogP contribution >= 0.6 is 34.8 Å². The summed E-state index contributed by atoms with van der Waals surface area (Å²) in [5.74, 6) is -0.0556. The summed E-state index contributed by atoms with van der Waals surface area (Å²) in [6.45, 7) is 3.39. The Hall–Kier alpha value is -3.24. The topological polar surface area (TPSA) is 101 Å². The molecule has 40 heavy (non-hydrogen) atoms. The van der Waals surface area contributed by atoms with Gasteiger partial charge >= 0.3 is 6.03 Å². The van der Waals surface area contributed by atoms with Gasteiger partial charge in [0.1, 0.15) is 5.69 Å². The fourth-order valence-electron chi connectivity index (χ4n) is 4.91. The van der Waals surface area contributed by atoms with Crippen LogP contribution in [0, 0.1) is 0 Å². The largest absolute Gasteiger partial charge is 0.337 e. The molecule has 0 saturated carbocycles. The van der Waals surface area contributed by atoms with E-state index in [9.17, 15) is 18.0 Å². The van der Waals surface area contributed by atoms with E-state index in [1.165, 1.54) is 24.3 Å². The highest BCUT2D eigenvalue weighted by Gasteiger charge is 2.32. The molecule has 1 aromatic heterocycles. The minimum atomic E-state index is -4.02. The summed E-state index contributed by atoms with van der Waals surface area (Å²) in [6.07, 6.45) is 1.15. The lowest BCUT2D eigenvalue weighted by Crippen LogP contribution is -2.40. The molecule has 0 saturated heterocycles. The molecule has 0 fully saturated rings. The zero-order valence-electron chi connectivity index (χ0n) is 21.4. The first-order valence-corrected chi connectivity index (χ1v) is 15.2. The first kappa shape index (κ1) is 28.3. The molecule has 12 heteroatoms. The lowest BCUT2D eigenvalue weighted by atomic mass is 10.0. The van der Waals surface area contributed by atoms with E-state index in [1.807, 2.05) is 51.4 Å². The number of nitrogens with one attached hydrogen (secondary N) is 2. The zero-order chi connectivity index (χ0) is 28.6. The first-order chi connectivity index (χ1) is 19.1. The summed E-state index contributed by atoms with van der Waals surface area (Å²) >= 11 is 18.8. The van der Waals surface area contributed by atoms with Crippen molar-refractivity contribution in [3.63, 3.8) is 0 Å². The molecule has 8 nitrogen and oxygen atoms in total. The lowest BCUT2D eigenvalue weighted by molar-refractivity contribution is 0.0741. The molecule has 0 atom stereocenters. The number of carbonyl (C=O) groups is 2. The van der Waals surface area contributed by atoms with Crippen molar-refractivity contribution in [1.29, 1.82) is 0 Å². The monoisotopic (exact) mass is 618 g/mol. The van der Waals surface area contributed by atoms with Gasteiger partial charge in [-0.1, -0.05) is 46.9 Å². The van der Waals surface area contributed by atoms with Gasteiger partial charge in [0, 0.05) is 40.8 Å². The van der Waals surface area contributed by atoms with Gasteiger partial charge in [-0.05, 0) is 79.4 Å². The van der Waals surface area contributed by atoms with Crippen molar-refractivity contribution in [1.82, 2.24) is 19.5 Å². The standard InChI is InChI=1S/C28H25Cl3N4O4S/c1-2-34-14-12-22-25-23(31)15-19(30)16-24(25)35(26(22)27(34)36)20-7-3-17(4-8-20)11-13-32-28(37)33-40(38,39)21-9-5-18(29)6-10-21/h3-10,15-16H,2,11-14H2,1H3,(H2,32,33,37). The highest BCUT2D eigenvalue weighted by molar-refractivity contribution is 7.90. The third-order valence-corrected chi connectivity index (χ3v) is 8.95. The molecule has 2 N–H and O–H groups in total. The van der Waals surface area contributed by atoms with Crippen molar-refractivity contribution in [2.75, 3.05) is 19.6 Å². The molecule has 0 spiro atoms. The average Bonchev–Trinajstić information content (AvgIpc) is 3.24. The predicted octanol–water partition coefficient (Wildman–Crippen LogP) is 5.84. The second-order valence-electron chi connectivity index (χ2n) is 9.31. The quantitative estimate of drug-likeness (QED) is 0.272. The molecule has 1 aliphatic rings. The van der Waals surface area contributed by atoms with Gasteiger partial charge in [0.05, 0.1) is 15.4 Å². The van der Waals surface area contributed by atoms with Crippen LogP contribution in [0.2, 0.25) is 15.1 Å². The van der Waals surface area contributed by atoms with Crippen LogP contribution < -0.4 is 10.0 Å². The molecule has 5 rings (SSSR count). The number of urea groups is 1. The average molecular weight is 620 g/mol. The van der Waals surface area contributed by atoms with Crippen molar-refractivity contribution < 1.29 is 18.0 Å². The number of nitrogens with zero attached hydrogens (tertiary/aromatic N) is 2. The molecule has 2 heterocycles. The summed E-state index contributed by atoms with van der Waals surface area (Å²) in [6, 6.07) is 15.8. The molecule has 3 aromatic carbocycles. The van der Waals surface area contributed by atoms with Gasteiger partial charge in [-0.2, -0.15) is 0 Å². The van der Waals surface area contributed by atoms with Gasteiger partial charge in [0.15, 0.2) is 0 Å². The van der Waals surface area contributed by atoms with Crippen LogP contribution in [0.4, 0.5) is 4.79 Å². The fourth-order valence-corrected chi connectivity index (χ4v) is 6.56. The van der Waals surface area contributed by atoms with Crippen LogP contribution in [0.15, 0.2) is 65.6 Å². The van der Waals surface area contributed by atoms with E-state index in [-0.39, 0.29) is 17.3 Å². The normalized spacial score (nSPS) is 13.4. The number of amides is 3. The van der Waals surface area contributed by atoms with Crippen LogP contribution in [-0.2, 0) is 22.9 Å². The van der Waals surface area contributed by atoms with E-state index in [0.29, 0.717) is 46.7 Å². The number of fused-ring (bicyclic) bond motifs is 3. The number of aromatic nitrogens is 1. The van der Waals surface area contributed by atoms with E-state index in [1.54, 1.807) is 6.07 Å². The van der Waals surface area contributed by atoms with Gasteiger partial charge in [0.25, 0.3) is 15.9 Å².